The first-order valence-electron chi connectivity index (χ1n) is 6.79. The monoisotopic (exact) mass is 261 g/mol. The number of rotatable bonds is 6. The maximum Gasteiger partial charge on any atom is 0.335 e. The van der Waals surface area contributed by atoms with E-state index < -0.39 is 5.97 Å². The second-order valence-electron chi connectivity index (χ2n) is 4.79. The number of carboxylic acid groups (broad SMARTS) is 1. The minimum Gasteiger partial charge on any atom is -0.478 e. The molecule has 0 saturated heterocycles. The van der Waals surface area contributed by atoms with E-state index in [1.54, 1.807) is 18.2 Å². The first kappa shape index (κ1) is 13.6. The number of aromatic nitrogens is 1. The van der Waals surface area contributed by atoms with Gasteiger partial charge in [0.2, 0.25) is 0 Å². The summed E-state index contributed by atoms with van der Waals surface area (Å²) in [4.78, 5) is 15.4. The number of fused-ring (bicyclic) bond motifs is 1. The molecular weight excluding hydrogens is 242 g/mol. The lowest BCUT2D eigenvalue weighted by Gasteiger charge is -2.08. The van der Waals surface area contributed by atoms with Crippen LogP contribution in [-0.4, -0.2) is 16.1 Å². The molecule has 1 aromatic heterocycles. The zero-order valence-corrected chi connectivity index (χ0v) is 11.3. The highest BCUT2D eigenvalue weighted by molar-refractivity contribution is 5.91. The van der Waals surface area contributed by atoms with E-state index in [2.05, 4.69) is 18.8 Å². The van der Waals surface area contributed by atoms with E-state index in [0.29, 0.717) is 11.5 Å². The van der Waals surface area contributed by atoms with Crippen LogP contribution in [0.15, 0.2) is 22.6 Å². The van der Waals surface area contributed by atoms with Crippen LogP contribution in [-0.2, 0) is 0 Å². The number of aromatic carboxylic acids is 1. The number of hydrogen-bond acceptors (Lipinski definition) is 3. The Morgan fingerprint density at radius 3 is 2.84 bits per heavy atom. The van der Waals surface area contributed by atoms with Crippen molar-refractivity contribution in [3.8, 4) is 0 Å². The van der Waals surface area contributed by atoms with Crippen molar-refractivity contribution in [2.75, 3.05) is 0 Å². The van der Waals surface area contributed by atoms with Crippen molar-refractivity contribution in [2.45, 2.75) is 45.4 Å². The summed E-state index contributed by atoms with van der Waals surface area (Å²) < 4.78 is 5.73. The van der Waals surface area contributed by atoms with Gasteiger partial charge in [0.15, 0.2) is 11.5 Å². The number of carbonyl (C=O) groups is 1. The second-order valence-corrected chi connectivity index (χ2v) is 4.79. The Morgan fingerprint density at radius 2 is 2.21 bits per heavy atom. The number of carboxylic acids is 1. The highest BCUT2D eigenvalue weighted by Crippen LogP contribution is 2.28. The molecule has 0 bridgehead atoms. The summed E-state index contributed by atoms with van der Waals surface area (Å²) in [5.74, 6) is 0.104. The van der Waals surface area contributed by atoms with E-state index in [9.17, 15) is 4.79 Å². The van der Waals surface area contributed by atoms with Crippen molar-refractivity contribution < 1.29 is 14.3 Å². The molecule has 1 unspecified atom stereocenters. The van der Waals surface area contributed by atoms with E-state index in [1.807, 2.05) is 0 Å². The van der Waals surface area contributed by atoms with E-state index >= 15 is 0 Å². The van der Waals surface area contributed by atoms with Gasteiger partial charge in [0.05, 0.1) is 5.56 Å². The van der Waals surface area contributed by atoms with Gasteiger partial charge in [0.25, 0.3) is 0 Å². The molecule has 0 aliphatic carbocycles. The fraction of sp³-hybridized carbons (Fsp3) is 0.467. The Labute approximate surface area is 112 Å². The van der Waals surface area contributed by atoms with E-state index in [1.165, 1.54) is 0 Å². The van der Waals surface area contributed by atoms with Gasteiger partial charge in [0, 0.05) is 5.92 Å². The van der Waals surface area contributed by atoms with E-state index in [4.69, 9.17) is 9.52 Å². The molecule has 0 radical (unpaired) electrons. The Kier molecular flexibility index (Phi) is 4.20. The minimum absolute atomic E-state index is 0.233. The van der Waals surface area contributed by atoms with Crippen LogP contribution in [0.4, 0.5) is 0 Å². The smallest absolute Gasteiger partial charge is 0.335 e. The van der Waals surface area contributed by atoms with Crippen molar-refractivity contribution >= 4 is 17.1 Å². The standard InChI is InChI=1S/C15H19NO3/c1-3-5-6-10(4-2)14-16-12-8-7-11(15(17)18)9-13(12)19-14/h7-10H,3-6H2,1-2H3,(H,17,18). The third kappa shape index (κ3) is 2.95. The van der Waals surface area contributed by atoms with Crippen LogP contribution < -0.4 is 0 Å². The predicted molar refractivity (Wildman–Crippen MR) is 73.5 cm³/mol. The van der Waals surface area contributed by atoms with Crippen LogP contribution in [0.3, 0.4) is 0 Å². The quantitative estimate of drug-likeness (QED) is 0.846. The fourth-order valence-corrected chi connectivity index (χ4v) is 2.20. The third-order valence-electron chi connectivity index (χ3n) is 3.40. The molecule has 1 heterocycles. The Balaban J connectivity index is 2.31. The average Bonchev–Trinajstić information content (AvgIpc) is 2.82. The lowest BCUT2D eigenvalue weighted by Crippen LogP contribution is -1.97. The summed E-state index contributed by atoms with van der Waals surface area (Å²) in [6.45, 7) is 4.29. The van der Waals surface area contributed by atoms with Crippen molar-refractivity contribution in [1.82, 2.24) is 4.98 Å². The lowest BCUT2D eigenvalue weighted by molar-refractivity contribution is 0.0697. The van der Waals surface area contributed by atoms with Gasteiger partial charge in [-0.3, -0.25) is 0 Å². The van der Waals surface area contributed by atoms with Crippen LogP contribution in [0.1, 0.15) is 61.7 Å². The summed E-state index contributed by atoms with van der Waals surface area (Å²) in [6, 6.07) is 4.81. The van der Waals surface area contributed by atoms with Gasteiger partial charge in [-0.1, -0.05) is 26.7 Å². The molecule has 1 atom stereocenters. The summed E-state index contributed by atoms with van der Waals surface area (Å²) in [5, 5.41) is 8.96. The lowest BCUT2D eigenvalue weighted by atomic mass is 9.99. The highest BCUT2D eigenvalue weighted by atomic mass is 16.4. The topological polar surface area (TPSA) is 63.3 Å². The Bertz CT molecular complexity index is 574. The molecular formula is C15H19NO3. The van der Waals surface area contributed by atoms with Gasteiger partial charge >= 0.3 is 5.97 Å². The number of nitrogens with zero attached hydrogens (tertiary/aromatic N) is 1. The second kappa shape index (κ2) is 5.87. The number of benzene rings is 1. The molecule has 2 rings (SSSR count). The maximum absolute atomic E-state index is 10.9. The van der Waals surface area contributed by atoms with Crippen molar-refractivity contribution in [1.29, 1.82) is 0 Å². The number of oxazole rings is 1. The summed E-state index contributed by atoms with van der Waals surface area (Å²) in [7, 11) is 0. The first-order chi connectivity index (χ1) is 9.15. The van der Waals surface area contributed by atoms with Gasteiger partial charge in [-0.05, 0) is 31.0 Å². The molecule has 2 aromatic rings. The summed E-state index contributed by atoms with van der Waals surface area (Å²) in [5.41, 5.74) is 1.52. The Morgan fingerprint density at radius 1 is 1.42 bits per heavy atom. The van der Waals surface area contributed by atoms with Gasteiger partial charge in [-0.25, -0.2) is 9.78 Å². The molecule has 4 nitrogen and oxygen atoms in total. The third-order valence-corrected chi connectivity index (χ3v) is 3.40. The number of hydrogen-bond donors (Lipinski definition) is 1. The van der Waals surface area contributed by atoms with E-state index in [-0.39, 0.29) is 5.56 Å². The van der Waals surface area contributed by atoms with Crippen LogP contribution in [0.2, 0.25) is 0 Å². The summed E-state index contributed by atoms with van der Waals surface area (Å²) in [6.07, 6.45) is 4.35. The molecule has 102 valence electrons. The first-order valence-corrected chi connectivity index (χ1v) is 6.79. The predicted octanol–water partition coefficient (Wildman–Crippen LogP) is 4.21. The minimum atomic E-state index is -0.946. The zero-order valence-electron chi connectivity index (χ0n) is 11.3. The van der Waals surface area contributed by atoms with Crippen molar-refractivity contribution in [3.05, 3.63) is 29.7 Å². The molecule has 1 N–H and O–H groups in total. The van der Waals surface area contributed by atoms with Crippen molar-refractivity contribution in [2.24, 2.45) is 0 Å². The van der Waals surface area contributed by atoms with Gasteiger partial charge in [-0.15, -0.1) is 0 Å². The molecule has 0 fully saturated rings. The van der Waals surface area contributed by atoms with E-state index in [0.717, 1.165) is 37.1 Å². The molecule has 0 amide bonds. The molecule has 4 heteroatoms. The SMILES string of the molecule is CCCCC(CC)c1nc2ccc(C(=O)O)cc2o1. The zero-order chi connectivity index (χ0) is 13.8. The molecule has 0 spiro atoms. The van der Waals surface area contributed by atoms with Gasteiger partial charge in [-0.2, -0.15) is 0 Å². The van der Waals surface area contributed by atoms with Crippen LogP contribution >= 0.6 is 0 Å². The van der Waals surface area contributed by atoms with Crippen LogP contribution in [0.25, 0.3) is 11.1 Å². The van der Waals surface area contributed by atoms with Crippen LogP contribution in [0.5, 0.6) is 0 Å². The largest absolute Gasteiger partial charge is 0.478 e. The fourth-order valence-electron chi connectivity index (χ4n) is 2.20. The molecule has 0 saturated carbocycles. The summed E-state index contributed by atoms with van der Waals surface area (Å²) >= 11 is 0. The van der Waals surface area contributed by atoms with Crippen molar-refractivity contribution in [3.63, 3.8) is 0 Å². The molecule has 19 heavy (non-hydrogen) atoms. The average molecular weight is 261 g/mol. The molecule has 0 aliphatic heterocycles. The Hall–Kier alpha value is -1.84. The van der Waals surface area contributed by atoms with Crippen LogP contribution in [0, 0.1) is 0 Å². The van der Waals surface area contributed by atoms with Gasteiger partial charge < -0.3 is 9.52 Å². The maximum atomic E-state index is 10.9. The number of unbranched alkanes of at least 4 members (excludes halogenated alkanes) is 1. The highest BCUT2D eigenvalue weighted by Gasteiger charge is 2.17. The molecule has 1 aromatic carbocycles. The van der Waals surface area contributed by atoms with Gasteiger partial charge in [0.1, 0.15) is 5.52 Å². The molecule has 0 aliphatic rings. The normalized spacial score (nSPS) is 12.7.